The van der Waals surface area contributed by atoms with Crippen LogP contribution in [0.15, 0.2) is 23.3 Å². The van der Waals surface area contributed by atoms with Crippen LogP contribution in [0.3, 0.4) is 0 Å². The molecule has 0 aromatic heterocycles. The van der Waals surface area contributed by atoms with E-state index < -0.39 is 45.2 Å². The van der Waals surface area contributed by atoms with Crippen LogP contribution in [0.5, 0.6) is 0 Å². The van der Waals surface area contributed by atoms with E-state index in [0.29, 0.717) is 31.3 Å². The van der Waals surface area contributed by atoms with Crippen LogP contribution >= 0.6 is 0 Å². The van der Waals surface area contributed by atoms with Crippen LogP contribution in [0, 0.1) is 0 Å². The molecule has 0 atom stereocenters. The normalized spacial score (nSPS) is 28.7. The molecule has 0 spiro atoms. The fourth-order valence-electron chi connectivity index (χ4n) is 8.18. The number of aliphatic hydroxyl groups excluding tert-OH is 1. The third-order valence-corrected chi connectivity index (χ3v) is 10.4. The van der Waals surface area contributed by atoms with Crippen LogP contribution in [-0.4, -0.2) is 120 Å². The van der Waals surface area contributed by atoms with E-state index in [1.165, 1.54) is 15.2 Å². The van der Waals surface area contributed by atoms with Crippen molar-refractivity contribution >= 4 is 11.9 Å². The fraction of sp³-hybridized carbons (Fsp3) is 0.833. The summed E-state index contributed by atoms with van der Waals surface area (Å²) in [5, 5.41) is 63.7. The van der Waals surface area contributed by atoms with E-state index in [2.05, 4.69) is 0 Å². The fourth-order valence-corrected chi connectivity index (χ4v) is 8.18. The number of piperidine rings is 2. The molecule has 0 amide bonds. The van der Waals surface area contributed by atoms with E-state index in [9.17, 15) is 35.5 Å². The molecule has 0 aromatic carbocycles. The minimum absolute atomic E-state index is 0.236. The zero-order valence-corrected chi connectivity index (χ0v) is 32.8. The molecule has 4 aliphatic rings. The molecule has 0 radical (unpaired) electrons. The number of carboxylic acid groups (broad SMARTS) is 1. The van der Waals surface area contributed by atoms with Gasteiger partial charge in [0.2, 0.25) is 0 Å². The summed E-state index contributed by atoms with van der Waals surface area (Å²) in [6.45, 7) is 29.7. The Morgan fingerprint density at radius 2 is 0.878 bits per heavy atom. The summed E-state index contributed by atoms with van der Waals surface area (Å²) in [5.41, 5.74) is -3.75. The highest BCUT2D eigenvalue weighted by atomic mass is 16.6. The first kappa shape index (κ1) is 43.2. The van der Waals surface area contributed by atoms with Gasteiger partial charge in [-0.05, 0) is 124 Å². The first-order valence-corrected chi connectivity index (χ1v) is 17.1. The minimum Gasteiger partial charge on any atom is -0.478 e. The lowest BCUT2D eigenvalue weighted by atomic mass is 9.80. The van der Waals surface area contributed by atoms with E-state index in [1.807, 2.05) is 69.2 Å². The Bertz CT molecular complexity index is 1280. The second-order valence-electron chi connectivity index (χ2n) is 18.8. The molecule has 13 nitrogen and oxygen atoms in total. The number of nitrogens with zero attached hydrogens (tertiary/aromatic N) is 4. The molecule has 0 saturated carbocycles. The van der Waals surface area contributed by atoms with Crippen LogP contribution < -0.4 is 0 Å². The highest BCUT2D eigenvalue weighted by Gasteiger charge is 2.51. The number of rotatable bonds is 3. The van der Waals surface area contributed by atoms with Gasteiger partial charge in [0.1, 0.15) is 6.10 Å². The molecular weight excluding hydrogens is 632 g/mol. The van der Waals surface area contributed by atoms with Crippen LogP contribution in [0.2, 0.25) is 0 Å². The maximum atomic E-state index is 12.8. The lowest BCUT2D eigenvalue weighted by molar-refractivity contribution is -0.259. The monoisotopic (exact) mass is 698 g/mol. The molecule has 49 heavy (non-hydrogen) atoms. The van der Waals surface area contributed by atoms with Crippen LogP contribution in [0.25, 0.3) is 0 Å². The highest BCUT2D eigenvalue weighted by molar-refractivity contribution is 5.92. The molecular formula is C36H66N4O9. The molecule has 284 valence electrons. The molecule has 4 aliphatic heterocycles. The Morgan fingerprint density at radius 1 is 0.571 bits per heavy atom. The average Bonchev–Trinajstić information content (AvgIpc) is 3.18. The molecule has 4 heterocycles. The maximum Gasteiger partial charge on any atom is 0.336 e. The van der Waals surface area contributed by atoms with Gasteiger partial charge in [-0.15, -0.1) is 0 Å². The summed E-state index contributed by atoms with van der Waals surface area (Å²) in [7, 11) is 0. The highest BCUT2D eigenvalue weighted by Crippen LogP contribution is 2.42. The third kappa shape index (κ3) is 8.93. The topological polar surface area (TPSA) is 178 Å². The van der Waals surface area contributed by atoms with E-state index in [1.54, 1.807) is 53.7 Å². The Morgan fingerprint density at radius 3 is 1.14 bits per heavy atom. The first-order chi connectivity index (χ1) is 21.6. The minimum atomic E-state index is -0.977. The van der Waals surface area contributed by atoms with Gasteiger partial charge >= 0.3 is 11.9 Å². The van der Waals surface area contributed by atoms with Crippen molar-refractivity contribution in [2.75, 3.05) is 0 Å². The number of carbonyl (C=O) groups excluding carboxylic acids is 1. The quantitative estimate of drug-likeness (QED) is 0.196. The van der Waals surface area contributed by atoms with Crippen molar-refractivity contribution in [2.45, 2.75) is 193 Å². The molecule has 0 unspecified atom stereocenters. The Labute approximate surface area is 293 Å². The zero-order chi connectivity index (χ0) is 38.7. The second-order valence-corrected chi connectivity index (χ2v) is 18.8. The smallest absolute Gasteiger partial charge is 0.336 e. The Kier molecular flexibility index (Phi) is 12.0. The summed E-state index contributed by atoms with van der Waals surface area (Å²) >= 11 is 0. The van der Waals surface area contributed by atoms with Crippen molar-refractivity contribution in [3.8, 4) is 0 Å². The number of aliphatic hydroxyl groups is 1. The van der Waals surface area contributed by atoms with E-state index >= 15 is 0 Å². The number of ether oxygens (including phenoxy) is 1. The van der Waals surface area contributed by atoms with Crippen molar-refractivity contribution in [3.63, 3.8) is 0 Å². The first-order valence-electron chi connectivity index (χ1n) is 17.1. The van der Waals surface area contributed by atoms with Gasteiger partial charge in [-0.1, -0.05) is 12.2 Å². The summed E-state index contributed by atoms with van der Waals surface area (Å²) in [6, 6.07) is 0. The number of hydroxylamine groups is 8. The summed E-state index contributed by atoms with van der Waals surface area (Å²) < 4.78 is 5.79. The van der Waals surface area contributed by atoms with Crippen molar-refractivity contribution in [2.24, 2.45) is 0 Å². The van der Waals surface area contributed by atoms with Gasteiger partial charge in [-0.25, -0.2) is 9.59 Å². The number of carbonyl (C=O) groups is 2. The van der Waals surface area contributed by atoms with E-state index in [0.717, 1.165) is 5.06 Å². The van der Waals surface area contributed by atoms with Gasteiger partial charge < -0.3 is 35.8 Å². The predicted molar refractivity (Wildman–Crippen MR) is 185 cm³/mol. The largest absolute Gasteiger partial charge is 0.478 e. The molecule has 0 aliphatic carbocycles. The predicted octanol–water partition coefficient (Wildman–Crippen LogP) is 5.78. The molecule has 6 N–H and O–H groups in total. The zero-order valence-electron chi connectivity index (χ0n) is 32.8. The SMILES string of the molecule is CC1(C)C=C(C(=O)O)C(C)(C)N1O.CC1(C)C=C(C(=O)OC2CC(C)(C)N(O)C(C)(C)C2)C(C)(C)N1O.CC1(C)CC(O)CC(C)(C)N1O. The van der Waals surface area contributed by atoms with Gasteiger partial charge in [0.25, 0.3) is 0 Å². The van der Waals surface area contributed by atoms with Crippen molar-refractivity contribution in [1.29, 1.82) is 0 Å². The molecule has 0 aromatic rings. The van der Waals surface area contributed by atoms with Gasteiger partial charge in [0.15, 0.2) is 0 Å². The Hall–Kier alpha value is -1.94. The van der Waals surface area contributed by atoms with Gasteiger partial charge in [-0.3, -0.25) is 0 Å². The van der Waals surface area contributed by atoms with Gasteiger partial charge in [0, 0.05) is 35.0 Å². The number of carboxylic acids is 1. The maximum absolute atomic E-state index is 12.8. The summed E-state index contributed by atoms with van der Waals surface area (Å²) in [5.74, 6) is -1.37. The number of hydrogen-bond donors (Lipinski definition) is 6. The number of esters is 1. The number of aliphatic carboxylic acids is 1. The molecule has 2 saturated heterocycles. The third-order valence-electron chi connectivity index (χ3n) is 10.4. The van der Waals surface area contributed by atoms with Crippen LogP contribution in [0.4, 0.5) is 0 Å². The Balaban J connectivity index is 0.000000281. The van der Waals surface area contributed by atoms with E-state index in [-0.39, 0.29) is 28.9 Å². The van der Waals surface area contributed by atoms with Gasteiger partial charge in [-0.2, -0.15) is 20.3 Å². The van der Waals surface area contributed by atoms with Crippen molar-refractivity contribution < 1.29 is 45.4 Å². The average molecular weight is 699 g/mol. The van der Waals surface area contributed by atoms with Crippen molar-refractivity contribution in [3.05, 3.63) is 23.3 Å². The summed E-state index contributed by atoms with van der Waals surface area (Å²) in [4.78, 5) is 23.6. The lowest BCUT2D eigenvalue weighted by Gasteiger charge is -2.51. The van der Waals surface area contributed by atoms with Gasteiger partial charge in [0.05, 0.1) is 39.4 Å². The van der Waals surface area contributed by atoms with E-state index in [4.69, 9.17) is 9.84 Å². The molecule has 2 fully saturated rings. The van der Waals surface area contributed by atoms with Crippen LogP contribution in [-0.2, 0) is 14.3 Å². The summed E-state index contributed by atoms with van der Waals surface area (Å²) in [6.07, 6.45) is 5.15. The lowest BCUT2D eigenvalue weighted by Crippen LogP contribution is -2.60. The van der Waals surface area contributed by atoms with Crippen molar-refractivity contribution in [1.82, 2.24) is 20.3 Å². The second kappa shape index (κ2) is 13.6. The molecule has 0 bridgehead atoms. The molecule has 13 heteroatoms. The molecule has 4 rings (SSSR count). The standard InChI is InChI=1S/C18H32N2O4.C9H15NO3.C9H19NO2/c1-15(2)9-12(10-16(3,4)19(15)22)24-14(21)13-11-17(5,6)20(23)18(13,7)8;1-8(2)5-6(7(11)12)9(3,4)10(8)13;1-8(2)5-7(11)6-9(3,4)10(8)12/h11-12,22-23H,9-10H2,1-8H3;5,13H,1-4H3,(H,11,12);7,11-12H,5-6H2,1-4H3. The number of hydrogen-bond acceptors (Lipinski definition) is 12. The van der Waals surface area contributed by atoms with Crippen LogP contribution in [0.1, 0.15) is 136 Å².